The average Bonchev–Trinajstić information content (AvgIpc) is 2.87. The molecule has 4 N–H and O–H groups in total. The van der Waals surface area contributed by atoms with E-state index in [1.165, 1.54) is 12.5 Å². The molecule has 2 aromatic rings. The number of halogens is 1. The van der Waals surface area contributed by atoms with Crippen LogP contribution >= 0.6 is 11.6 Å². The molecule has 0 atom stereocenters. The molecule has 1 aromatic carbocycles. The first kappa shape index (κ1) is 14.9. The van der Waals surface area contributed by atoms with Crippen molar-refractivity contribution < 1.29 is 14.7 Å². The van der Waals surface area contributed by atoms with Crippen LogP contribution in [0.15, 0.2) is 30.7 Å². The van der Waals surface area contributed by atoms with Crippen molar-refractivity contribution in [1.82, 2.24) is 9.55 Å². The summed E-state index contributed by atoms with van der Waals surface area (Å²) in [7, 11) is 0. The van der Waals surface area contributed by atoms with E-state index in [2.05, 4.69) is 10.3 Å². The summed E-state index contributed by atoms with van der Waals surface area (Å²) in [5.41, 5.74) is 6.14. The minimum atomic E-state index is -1.08. The fraction of sp³-hybridized carbons (Fsp3) is 0.154. The lowest BCUT2D eigenvalue weighted by molar-refractivity contribution is 0.0690. The molecular weight excluding hydrogens is 296 g/mol. The Kier molecular flexibility index (Phi) is 4.44. The number of primary amides is 1. The van der Waals surface area contributed by atoms with Gasteiger partial charge < -0.3 is 20.7 Å². The number of nitrogens with one attached hydrogen (secondary N) is 1. The third-order valence-corrected chi connectivity index (χ3v) is 3.02. The lowest BCUT2D eigenvalue weighted by Gasteiger charge is -2.10. The standard InChI is InChI=1S/C13H13ClN4O3/c14-8-1-2-9(12(15)19)10(5-8)16-3-4-18-6-11(13(20)21)17-7-18/h1-2,5-7,16H,3-4H2,(H2,15,19)(H,20,21). The van der Waals surface area contributed by atoms with Gasteiger partial charge in [0.25, 0.3) is 5.91 Å². The van der Waals surface area contributed by atoms with Crippen LogP contribution in [0.4, 0.5) is 5.69 Å². The van der Waals surface area contributed by atoms with Crippen molar-refractivity contribution in [3.63, 3.8) is 0 Å². The number of rotatable bonds is 6. The molecule has 8 heteroatoms. The molecule has 0 spiro atoms. The highest BCUT2D eigenvalue weighted by Crippen LogP contribution is 2.20. The Morgan fingerprint density at radius 1 is 1.43 bits per heavy atom. The quantitative estimate of drug-likeness (QED) is 0.748. The van der Waals surface area contributed by atoms with Crippen molar-refractivity contribution in [2.45, 2.75) is 6.54 Å². The van der Waals surface area contributed by atoms with Crippen LogP contribution in [0.1, 0.15) is 20.8 Å². The van der Waals surface area contributed by atoms with Crippen molar-refractivity contribution in [3.8, 4) is 0 Å². The van der Waals surface area contributed by atoms with E-state index in [1.807, 2.05) is 0 Å². The summed E-state index contributed by atoms with van der Waals surface area (Å²) in [6, 6.07) is 4.74. The highest BCUT2D eigenvalue weighted by atomic mass is 35.5. The number of anilines is 1. The predicted molar refractivity (Wildman–Crippen MR) is 77.6 cm³/mol. The Balaban J connectivity index is 2.01. The largest absolute Gasteiger partial charge is 0.476 e. The second-order valence-corrected chi connectivity index (χ2v) is 4.72. The van der Waals surface area contributed by atoms with Gasteiger partial charge in [-0.25, -0.2) is 9.78 Å². The number of amides is 1. The van der Waals surface area contributed by atoms with E-state index in [-0.39, 0.29) is 5.69 Å². The summed E-state index contributed by atoms with van der Waals surface area (Å²) >= 11 is 5.88. The fourth-order valence-electron chi connectivity index (χ4n) is 1.79. The predicted octanol–water partition coefficient (Wildman–Crippen LogP) is 1.45. The molecule has 2 rings (SSSR count). The first-order valence-electron chi connectivity index (χ1n) is 6.05. The van der Waals surface area contributed by atoms with Crippen molar-refractivity contribution >= 4 is 29.2 Å². The molecule has 1 amide bonds. The molecule has 1 heterocycles. The Bertz CT molecular complexity index is 684. The van der Waals surface area contributed by atoms with Gasteiger partial charge in [0.2, 0.25) is 0 Å². The van der Waals surface area contributed by atoms with Crippen LogP contribution in [0, 0.1) is 0 Å². The molecule has 0 saturated heterocycles. The Labute approximate surface area is 125 Å². The number of carbonyl (C=O) groups excluding carboxylic acids is 1. The maximum absolute atomic E-state index is 11.3. The van der Waals surface area contributed by atoms with Crippen molar-refractivity contribution in [2.24, 2.45) is 5.73 Å². The minimum Gasteiger partial charge on any atom is -0.476 e. The van der Waals surface area contributed by atoms with Crippen LogP contribution in [0.25, 0.3) is 0 Å². The van der Waals surface area contributed by atoms with Gasteiger partial charge in [-0.15, -0.1) is 0 Å². The number of aromatic carboxylic acids is 1. The number of carboxylic acid groups (broad SMARTS) is 1. The topological polar surface area (TPSA) is 110 Å². The Morgan fingerprint density at radius 3 is 2.81 bits per heavy atom. The Hall–Kier alpha value is -2.54. The van der Waals surface area contributed by atoms with Gasteiger partial charge in [-0.3, -0.25) is 4.79 Å². The second-order valence-electron chi connectivity index (χ2n) is 4.28. The summed E-state index contributed by atoms with van der Waals surface area (Å²) in [6.45, 7) is 0.932. The fourth-order valence-corrected chi connectivity index (χ4v) is 1.96. The number of nitrogens with zero attached hydrogens (tertiary/aromatic N) is 2. The zero-order chi connectivity index (χ0) is 15.4. The maximum Gasteiger partial charge on any atom is 0.356 e. The zero-order valence-corrected chi connectivity index (χ0v) is 11.7. The first-order chi connectivity index (χ1) is 9.97. The monoisotopic (exact) mass is 308 g/mol. The number of benzene rings is 1. The van der Waals surface area contributed by atoms with Gasteiger partial charge in [-0.05, 0) is 18.2 Å². The number of imidazole rings is 1. The summed E-state index contributed by atoms with van der Waals surface area (Å²) < 4.78 is 1.63. The van der Waals surface area contributed by atoms with Crippen molar-refractivity contribution in [1.29, 1.82) is 0 Å². The van der Waals surface area contributed by atoms with Crippen molar-refractivity contribution in [3.05, 3.63) is 47.0 Å². The summed E-state index contributed by atoms with van der Waals surface area (Å²) in [6.07, 6.45) is 2.86. The molecule has 0 aliphatic carbocycles. The van der Waals surface area contributed by atoms with E-state index < -0.39 is 11.9 Å². The van der Waals surface area contributed by atoms with Crippen LogP contribution in [-0.4, -0.2) is 33.1 Å². The van der Waals surface area contributed by atoms with Crippen LogP contribution in [0.5, 0.6) is 0 Å². The molecule has 0 unspecified atom stereocenters. The molecule has 0 fully saturated rings. The molecule has 7 nitrogen and oxygen atoms in total. The van der Waals surface area contributed by atoms with E-state index in [4.69, 9.17) is 22.4 Å². The van der Waals surface area contributed by atoms with Crippen LogP contribution in [0.2, 0.25) is 5.02 Å². The molecule has 0 radical (unpaired) electrons. The van der Waals surface area contributed by atoms with Gasteiger partial charge in [0.15, 0.2) is 5.69 Å². The van der Waals surface area contributed by atoms with Gasteiger partial charge in [0.05, 0.1) is 11.9 Å². The van der Waals surface area contributed by atoms with E-state index in [0.717, 1.165) is 0 Å². The molecule has 0 aliphatic rings. The number of aromatic nitrogens is 2. The smallest absolute Gasteiger partial charge is 0.356 e. The first-order valence-corrected chi connectivity index (χ1v) is 6.43. The SMILES string of the molecule is NC(=O)c1ccc(Cl)cc1NCCn1cnc(C(=O)O)c1. The summed E-state index contributed by atoms with van der Waals surface area (Å²) in [4.78, 5) is 25.8. The normalized spacial score (nSPS) is 10.3. The zero-order valence-electron chi connectivity index (χ0n) is 10.9. The average molecular weight is 309 g/mol. The third kappa shape index (κ3) is 3.73. The lowest BCUT2D eigenvalue weighted by atomic mass is 10.1. The van der Waals surface area contributed by atoms with E-state index in [9.17, 15) is 9.59 Å². The van der Waals surface area contributed by atoms with Gasteiger partial charge in [-0.1, -0.05) is 11.6 Å². The highest BCUT2D eigenvalue weighted by Gasteiger charge is 2.09. The number of carbonyl (C=O) groups is 2. The second kappa shape index (κ2) is 6.27. The molecule has 0 saturated carbocycles. The van der Waals surface area contributed by atoms with Gasteiger partial charge in [0.1, 0.15) is 0 Å². The summed E-state index contributed by atoms with van der Waals surface area (Å²) in [5.74, 6) is -1.63. The lowest BCUT2D eigenvalue weighted by Crippen LogP contribution is -2.16. The van der Waals surface area contributed by atoms with Crippen LogP contribution < -0.4 is 11.1 Å². The molecule has 21 heavy (non-hydrogen) atoms. The van der Waals surface area contributed by atoms with E-state index >= 15 is 0 Å². The van der Waals surface area contributed by atoms with Crippen LogP contribution in [-0.2, 0) is 6.54 Å². The number of hydrogen-bond acceptors (Lipinski definition) is 4. The van der Waals surface area contributed by atoms with Crippen LogP contribution in [0.3, 0.4) is 0 Å². The number of hydrogen-bond donors (Lipinski definition) is 3. The third-order valence-electron chi connectivity index (χ3n) is 2.78. The molecular formula is C13H13ClN4O3. The number of nitrogens with two attached hydrogens (primary N) is 1. The van der Waals surface area contributed by atoms with E-state index in [1.54, 1.807) is 22.8 Å². The van der Waals surface area contributed by atoms with Gasteiger partial charge in [-0.2, -0.15) is 0 Å². The van der Waals surface area contributed by atoms with Gasteiger partial charge >= 0.3 is 5.97 Å². The number of carboxylic acids is 1. The van der Waals surface area contributed by atoms with Gasteiger partial charge in [0, 0.05) is 30.0 Å². The Morgan fingerprint density at radius 2 is 2.19 bits per heavy atom. The summed E-state index contributed by atoms with van der Waals surface area (Å²) in [5, 5.41) is 12.3. The molecule has 0 aliphatic heterocycles. The molecule has 0 bridgehead atoms. The maximum atomic E-state index is 11.3. The molecule has 1 aromatic heterocycles. The van der Waals surface area contributed by atoms with E-state index in [0.29, 0.717) is 29.4 Å². The minimum absolute atomic E-state index is 0.0180. The van der Waals surface area contributed by atoms with Crippen molar-refractivity contribution in [2.75, 3.05) is 11.9 Å². The molecule has 110 valence electrons. The highest BCUT2D eigenvalue weighted by molar-refractivity contribution is 6.31.